The molecule has 0 amide bonds. The molecule has 0 unspecified atom stereocenters. The van der Waals surface area contributed by atoms with Gasteiger partial charge in [0.25, 0.3) is 0 Å². The first-order valence-corrected chi connectivity index (χ1v) is 8.20. The number of phenolic OH excluding ortho intramolecular Hbond substituents is 1. The number of phenols is 1. The number of aliphatic imine (C=N–C) groups is 1. The van der Waals surface area contributed by atoms with Crippen LogP contribution in [0.15, 0.2) is 51.9 Å². The van der Waals surface area contributed by atoms with Crippen LogP contribution in [-0.2, 0) is 6.54 Å². The van der Waals surface area contributed by atoms with Gasteiger partial charge in [-0.3, -0.25) is 0 Å². The summed E-state index contributed by atoms with van der Waals surface area (Å²) in [7, 11) is 0. The number of rotatable bonds is 4. The van der Waals surface area contributed by atoms with Gasteiger partial charge in [-0.15, -0.1) is 0 Å². The summed E-state index contributed by atoms with van der Waals surface area (Å²) >= 11 is 3.34. The maximum atomic E-state index is 13.8. The average molecular weight is 378 g/mol. The summed E-state index contributed by atoms with van der Waals surface area (Å²) in [6.07, 6.45) is 2.23. The van der Waals surface area contributed by atoms with Crippen LogP contribution in [0.1, 0.15) is 18.4 Å². The normalized spacial score (nSPS) is 14.6. The van der Waals surface area contributed by atoms with E-state index in [1.807, 2.05) is 0 Å². The lowest BCUT2D eigenvalue weighted by atomic mass is 10.2. The van der Waals surface area contributed by atoms with Gasteiger partial charge in [-0.1, -0.05) is 15.9 Å². The van der Waals surface area contributed by atoms with Crippen LogP contribution < -0.4 is 10.6 Å². The molecule has 1 fully saturated rings. The third kappa shape index (κ3) is 4.69. The Morgan fingerprint density at radius 3 is 2.65 bits per heavy atom. The molecule has 1 aliphatic rings. The molecule has 0 aliphatic heterocycles. The molecule has 0 spiro atoms. The SMILES string of the molecule is Oc1ccc(NC(=NCc2cc(Br)ccc2F)NC2CC2)cc1. The Balaban J connectivity index is 1.74. The quantitative estimate of drug-likeness (QED) is 0.428. The average Bonchev–Trinajstić information content (AvgIpc) is 3.34. The standard InChI is InChI=1S/C17H17BrFN3O/c18-12-1-8-16(19)11(9-12)10-20-17(21-13-2-3-13)22-14-4-6-15(23)7-5-14/h1,4-9,13,23H,2-3,10H2,(H2,20,21,22). The minimum Gasteiger partial charge on any atom is -0.508 e. The molecular formula is C17H17BrFN3O. The summed E-state index contributed by atoms with van der Waals surface area (Å²) in [6.45, 7) is 0.241. The molecule has 0 saturated heterocycles. The lowest BCUT2D eigenvalue weighted by molar-refractivity contribution is 0.475. The Kier molecular flexibility index (Phi) is 4.81. The van der Waals surface area contributed by atoms with Crippen molar-refractivity contribution < 1.29 is 9.50 Å². The fraction of sp³-hybridized carbons (Fsp3) is 0.235. The van der Waals surface area contributed by atoms with Crippen molar-refractivity contribution in [2.75, 3.05) is 5.32 Å². The summed E-state index contributed by atoms with van der Waals surface area (Å²) in [5, 5.41) is 15.8. The van der Waals surface area contributed by atoms with Gasteiger partial charge in [0.05, 0.1) is 6.54 Å². The lowest BCUT2D eigenvalue weighted by Gasteiger charge is -2.12. The Bertz CT molecular complexity index is 714. The highest BCUT2D eigenvalue weighted by Gasteiger charge is 2.22. The van der Waals surface area contributed by atoms with Crippen molar-refractivity contribution in [1.29, 1.82) is 0 Å². The van der Waals surface area contributed by atoms with E-state index >= 15 is 0 Å². The van der Waals surface area contributed by atoms with E-state index < -0.39 is 0 Å². The van der Waals surface area contributed by atoms with Crippen molar-refractivity contribution in [3.63, 3.8) is 0 Å². The third-order valence-electron chi connectivity index (χ3n) is 3.46. The molecule has 6 heteroatoms. The van der Waals surface area contributed by atoms with Crippen LogP contribution in [-0.4, -0.2) is 17.1 Å². The van der Waals surface area contributed by atoms with Gasteiger partial charge in [0.1, 0.15) is 11.6 Å². The molecule has 3 rings (SSSR count). The number of halogens is 2. The van der Waals surface area contributed by atoms with Gasteiger partial charge in [0, 0.05) is 21.8 Å². The molecule has 2 aromatic carbocycles. The molecule has 120 valence electrons. The minimum absolute atomic E-state index is 0.209. The fourth-order valence-electron chi connectivity index (χ4n) is 2.05. The molecule has 0 atom stereocenters. The van der Waals surface area contributed by atoms with E-state index in [-0.39, 0.29) is 18.1 Å². The summed E-state index contributed by atoms with van der Waals surface area (Å²) < 4.78 is 14.6. The molecule has 1 saturated carbocycles. The van der Waals surface area contributed by atoms with Crippen LogP contribution in [0.4, 0.5) is 10.1 Å². The zero-order valence-corrected chi connectivity index (χ0v) is 14.0. The Morgan fingerprint density at radius 2 is 1.96 bits per heavy atom. The number of aromatic hydroxyl groups is 1. The smallest absolute Gasteiger partial charge is 0.196 e. The van der Waals surface area contributed by atoms with Crippen molar-refractivity contribution in [2.45, 2.75) is 25.4 Å². The summed E-state index contributed by atoms with van der Waals surface area (Å²) in [4.78, 5) is 4.46. The van der Waals surface area contributed by atoms with Gasteiger partial charge in [-0.2, -0.15) is 0 Å². The molecule has 23 heavy (non-hydrogen) atoms. The van der Waals surface area contributed by atoms with Gasteiger partial charge in [0.2, 0.25) is 0 Å². The second-order valence-corrected chi connectivity index (χ2v) is 6.41. The first-order chi connectivity index (χ1) is 11.1. The number of guanidine groups is 1. The number of benzene rings is 2. The molecule has 3 N–H and O–H groups in total. The van der Waals surface area contributed by atoms with Crippen molar-refractivity contribution in [2.24, 2.45) is 4.99 Å². The maximum absolute atomic E-state index is 13.8. The molecule has 0 aromatic heterocycles. The Morgan fingerprint density at radius 1 is 1.22 bits per heavy atom. The van der Waals surface area contributed by atoms with E-state index in [1.165, 1.54) is 6.07 Å². The highest BCUT2D eigenvalue weighted by atomic mass is 79.9. The van der Waals surface area contributed by atoms with Gasteiger partial charge in [-0.05, 0) is 55.3 Å². The lowest BCUT2D eigenvalue weighted by Crippen LogP contribution is -2.32. The first kappa shape index (κ1) is 15.8. The van der Waals surface area contributed by atoms with Gasteiger partial charge in [-0.25, -0.2) is 9.38 Å². The summed E-state index contributed by atoms with van der Waals surface area (Å²) in [5.41, 5.74) is 1.34. The zero-order chi connectivity index (χ0) is 16.2. The fourth-order valence-corrected chi connectivity index (χ4v) is 2.46. The van der Waals surface area contributed by atoms with Gasteiger partial charge >= 0.3 is 0 Å². The number of nitrogens with one attached hydrogen (secondary N) is 2. The van der Waals surface area contributed by atoms with Crippen LogP contribution in [0.2, 0.25) is 0 Å². The van der Waals surface area contributed by atoms with Crippen LogP contribution in [0.25, 0.3) is 0 Å². The van der Waals surface area contributed by atoms with Gasteiger partial charge < -0.3 is 15.7 Å². The first-order valence-electron chi connectivity index (χ1n) is 7.41. The Labute approximate surface area is 142 Å². The predicted octanol–water partition coefficient (Wildman–Crippen LogP) is 4.01. The predicted molar refractivity (Wildman–Crippen MR) is 93.1 cm³/mol. The highest BCUT2D eigenvalue weighted by molar-refractivity contribution is 9.10. The molecule has 4 nitrogen and oxygen atoms in total. The second-order valence-electron chi connectivity index (χ2n) is 5.49. The zero-order valence-electron chi connectivity index (χ0n) is 12.4. The number of anilines is 1. The van der Waals surface area contributed by atoms with Crippen molar-refractivity contribution in [3.05, 3.63) is 58.3 Å². The molecule has 0 bridgehead atoms. The van der Waals surface area contributed by atoms with Crippen LogP contribution >= 0.6 is 15.9 Å². The van der Waals surface area contributed by atoms with E-state index in [4.69, 9.17) is 0 Å². The van der Waals surface area contributed by atoms with Crippen LogP contribution in [0, 0.1) is 5.82 Å². The topological polar surface area (TPSA) is 56.6 Å². The minimum atomic E-state index is -0.271. The second kappa shape index (κ2) is 7.00. The monoisotopic (exact) mass is 377 g/mol. The largest absolute Gasteiger partial charge is 0.508 e. The van der Waals surface area contributed by atoms with E-state index in [1.54, 1.807) is 36.4 Å². The van der Waals surface area contributed by atoms with E-state index in [2.05, 4.69) is 31.6 Å². The van der Waals surface area contributed by atoms with E-state index in [9.17, 15) is 9.50 Å². The highest BCUT2D eigenvalue weighted by Crippen LogP contribution is 2.20. The summed E-state index contributed by atoms with van der Waals surface area (Å²) in [6, 6.07) is 12.0. The van der Waals surface area contributed by atoms with Crippen LogP contribution in [0.5, 0.6) is 5.75 Å². The number of hydrogen-bond donors (Lipinski definition) is 3. The van der Waals surface area contributed by atoms with Gasteiger partial charge in [0.15, 0.2) is 5.96 Å². The van der Waals surface area contributed by atoms with Crippen molar-refractivity contribution >= 4 is 27.6 Å². The number of hydrogen-bond acceptors (Lipinski definition) is 2. The Hall–Kier alpha value is -2.08. The third-order valence-corrected chi connectivity index (χ3v) is 3.96. The molecule has 0 radical (unpaired) electrons. The van der Waals surface area contributed by atoms with Crippen LogP contribution in [0.3, 0.4) is 0 Å². The van der Waals surface area contributed by atoms with Crippen molar-refractivity contribution in [1.82, 2.24) is 5.32 Å². The van der Waals surface area contributed by atoms with E-state index in [0.717, 1.165) is 23.0 Å². The van der Waals surface area contributed by atoms with Crippen molar-refractivity contribution in [3.8, 4) is 5.75 Å². The molecule has 0 heterocycles. The molecule has 2 aromatic rings. The maximum Gasteiger partial charge on any atom is 0.196 e. The summed E-state index contributed by atoms with van der Waals surface area (Å²) in [5.74, 6) is 0.547. The van der Waals surface area contributed by atoms with E-state index in [0.29, 0.717) is 17.6 Å². The number of nitrogens with zero attached hydrogens (tertiary/aromatic N) is 1. The molecule has 1 aliphatic carbocycles. The molecular weight excluding hydrogens is 361 g/mol.